The number of aromatic nitrogens is 1. The van der Waals surface area contributed by atoms with Gasteiger partial charge in [-0.05, 0) is 37.1 Å². The van der Waals surface area contributed by atoms with E-state index in [0.29, 0.717) is 0 Å². The fourth-order valence-electron chi connectivity index (χ4n) is 1.63. The van der Waals surface area contributed by atoms with Crippen molar-refractivity contribution in [3.05, 3.63) is 34.5 Å². The van der Waals surface area contributed by atoms with Crippen LogP contribution in [-0.2, 0) is 7.05 Å². The average molecular weight is 194 g/mol. The number of rotatable bonds is 0. The third kappa shape index (κ3) is 1.15. The van der Waals surface area contributed by atoms with Gasteiger partial charge in [0.15, 0.2) is 0 Å². The summed E-state index contributed by atoms with van der Waals surface area (Å²) >= 11 is 6.04. The molecule has 1 aromatic carbocycles. The zero-order valence-electron chi connectivity index (χ0n) is 8.06. The molecule has 0 N–H and O–H groups in total. The maximum absolute atomic E-state index is 6.04. The molecule has 1 nitrogen and oxygen atoms in total. The molecule has 0 spiro atoms. The largest absolute Gasteiger partial charge is 0.335 e. The molecule has 0 atom stereocenters. The van der Waals surface area contributed by atoms with Crippen molar-refractivity contribution in [1.29, 1.82) is 0 Å². The molecule has 0 fully saturated rings. The van der Waals surface area contributed by atoms with Crippen LogP contribution in [0.5, 0.6) is 0 Å². The standard InChI is InChI=1S/C11H12ClN/c1-7-4-5-10-9(8(7)2)6-11(12)13(10)3/h4-6H,1-3H3. The highest BCUT2D eigenvalue weighted by molar-refractivity contribution is 6.31. The molecule has 0 saturated carbocycles. The molecule has 0 aliphatic rings. The van der Waals surface area contributed by atoms with Gasteiger partial charge < -0.3 is 4.57 Å². The first-order chi connectivity index (χ1) is 6.11. The van der Waals surface area contributed by atoms with E-state index in [9.17, 15) is 0 Å². The van der Waals surface area contributed by atoms with Crippen LogP contribution in [0.1, 0.15) is 11.1 Å². The lowest BCUT2D eigenvalue weighted by Gasteiger charge is -2.02. The second kappa shape index (κ2) is 2.78. The summed E-state index contributed by atoms with van der Waals surface area (Å²) in [5, 5.41) is 2.05. The molecule has 0 amide bonds. The summed E-state index contributed by atoms with van der Waals surface area (Å²) in [6.45, 7) is 4.25. The monoisotopic (exact) mass is 193 g/mol. The molecule has 2 aromatic rings. The lowest BCUT2D eigenvalue weighted by Crippen LogP contribution is -1.87. The molecule has 68 valence electrons. The van der Waals surface area contributed by atoms with Crippen molar-refractivity contribution in [3.63, 3.8) is 0 Å². The molecule has 0 bridgehead atoms. The molecular formula is C11H12ClN. The minimum Gasteiger partial charge on any atom is -0.335 e. The Hall–Kier alpha value is -0.950. The van der Waals surface area contributed by atoms with Gasteiger partial charge in [-0.25, -0.2) is 0 Å². The van der Waals surface area contributed by atoms with E-state index in [2.05, 4.69) is 26.0 Å². The highest BCUT2D eigenvalue weighted by atomic mass is 35.5. The van der Waals surface area contributed by atoms with E-state index in [-0.39, 0.29) is 0 Å². The van der Waals surface area contributed by atoms with Crippen LogP contribution in [0.25, 0.3) is 10.9 Å². The quantitative estimate of drug-likeness (QED) is 0.604. The second-order valence-electron chi connectivity index (χ2n) is 3.47. The molecule has 1 aromatic heterocycles. The van der Waals surface area contributed by atoms with Crippen molar-refractivity contribution >= 4 is 22.5 Å². The van der Waals surface area contributed by atoms with Crippen molar-refractivity contribution in [2.75, 3.05) is 0 Å². The van der Waals surface area contributed by atoms with Gasteiger partial charge in [0.25, 0.3) is 0 Å². The zero-order valence-corrected chi connectivity index (χ0v) is 8.81. The van der Waals surface area contributed by atoms with Gasteiger partial charge in [-0.3, -0.25) is 0 Å². The minimum absolute atomic E-state index is 0.795. The van der Waals surface area contributed by atoms with Crippen LogP contribution >= 0.6 is 11.6 Å². The maximum atomic E-state index is 6.04. The highest BCUT2D eigenvalue weighted by Crippen LogP contribution is 2.26. The van der Waals surface area contributed by atoms with Crippen molar-refractivity contribution in [3.8, 4) is 0 Å². The molecule has 1 heterocycles. The van der Waals surface area contributed by atoms with Crippen LogP contribution in [0.15, 0.2) is 18.2 Å². The number of fused-ring (bicyclic) bond motifs is 1. The molecule has 0 aliphatic carbocycles. The van der Waals surface area contributed by atoms with E-state index < -0.39 is 0 Å². The summed E-state index contributed by atoms with van der Waals surface area (Å²) < 4.78 is 2.00. The molecule has 13 heavy (non-hydrogen) atoms. The minimum atomic E-state index is 0.795. The number of hydrogen-bond donors (Lipinski definition) is 0. The van der Waals surface area contributed by atoms with Gasteiger partial charge in [-0.1, -0.05) is 17.7 Å². The maximum Gasteiger partial charge on any atom is 0.109 e. The summed E-state index contributed by atoms with van der Waals surface area (Å²) in [6.07, 6.45) is 0. The highest BCUT2D eigenvalue weighted by Gasteiger charge is 2.06. The van der Waals surface area contributed by atoms with E-state index in [1.54, 1.807) is 0 Å². The van der Waals surface area contributed by atoms with Crippen molar-refractivity contribution in [2.24, 2.45) is 7.05 Å². The Kier molecular flexibility index (Phi) is 1.85. The van der Waals surface area contributed by atoms with Crippen LogP contribution in [-0.4, -0.2) is 4.57 Å². The van der Waals surface area contributed by atoms with Crippen molar-refractivity contribution < 1.29 is 0 Å². The molecular weight excluding hydrogens is 182 g/mol. The molecule has 0 saturated heterocycles. The Morgan fingerprint density at radius 2 is 1.92 bits per heavy atom. The van der Waals surface area contributed by atoms with Gasteiger partial charge in [-0.2, -0.15) is 0 Å². The summed E-state index contributed by atoms with van der Waals surface area (Å²) in [4.78, 5) is 0. The lowest BCUT2D eigenvalue weighted by atomic mass is 10.1. The third-order valence-corrected chi connectivity index (χ3v) is 3.07. The summed E-state index contributed by atoms with van der Waals surface area (Å²) in [5.41, 5.74) is 3.84. The van der Waals surface area contributed by atoms with E-state index in [1.165, 1.54) is 22.0 Å². The zero-order chi connectivity index (χ0) is 9.59. The SMILES string of the molecule is Cc1ccc2c(cc(Cl)n2C)c1C. The van der Waals surface area contributed by atoms with Gasteiger partial charge in [-0.15, -0.1) is 0 Å². The number of halogens is 1. The number of benzene rings is 1. The average Bonchev–Trinajstić information content (AvgIpc) is 2.38. The van der Waals surface area contributed by atoms with Crippen LogP contribution < -0.4 is 0 Å². The van der Waals surface area contributed by atoms with Crippen LogP contribution in [0, 0.1) is 13.8 Å². The van der Waals surface area contributed by atoms with E-state index in [4.69, 9.17) is 11.6 Å². The van der Waals surface area contributed by atoms with E-state index >= 15 is 0 Å². The van der Waals surface area contributed by atoms with Gasteiger partial charge in [0, 0.05) is 18.0 Å². The smallest absolute Gasteiger partial charge is 0.109 e. The van der Waals surface area contributed by atoms with Gasteiger partial charge in [0.2, 0.25) is 0 Å². The first-order valence-corrected chi connectivity index (χ1v) is 4.70. The molecule has 2 heteroatoms. The topological polar surface area (TPSA) is 4.93 Å². The van der Waals surface area contributed by atoms with Gasteiger partial charge in [0.1, 0.15) is 5.15 Å². The molecule has 0 aliphatic heterocycles. The summed E-state index contributed by atoms with van der Waals surface area (Å²) in [7, 11) is 1.99. The van der Waals surface area contributed by atoms with Crippen LogP contribution in [0.4, 0.5) is 0 Å². The third-order valence-electron chi connectivity index (χ3n) is 2.71. The van der Waals surface area contributed by atoms with Crippen molar-refractivity contribution in [2.45, 2.75) is 13.8 Å². The first kappa shape index (κ1) is 8.64. The Labute approximate surface area is 82.9 Å². The number of hydrogen-bond acceptors (Lipinski definition) is 0. The van der Waals surface area contributed by atoms with Gasteiger partial charge >= 0.3 is 0 Å². The van der Waals surface area contributed by atoms with Crippen LogP contribution in [0.2, 0.25) is 5.15 Å². The fourth-order valence-corrected chi connectivity index (χ4v) is 1.83. The van der Waals surface area contributed by atoms with Gasteiger partial charge in [0.05, 0.1) is 0 Å². The Balaban J connectivity index is 2.94. The summed E-state index contributed by atoms with van der Waals surface area (Å²) in [6, 6.07) is 6.27. The number of nitrogens with zero attached hydrogens (tertiary/aromatic N) is 1. The summed E-state index contributed by atoms with van der Waals surface area (Å²) in [5.74, 6) is 0. The molecule has 0 radical (unpaired) electrons. The predicted octanol–water partition coefficient (Wildman–Crippen LogP) is 3.45. The number of aryl methyl sites for hydroxylation is 3. The van der Waals surface area contributed by atoms with E-state index in [1.807, 2.05) is 17.7 Å². The predicted molar refractivity (Wildman–Crippen MR) is 57.4 cm³/mol. The Morgan fingerprint density at radius 1 is 1.23 bits per heavy atom. The fraction of sp³-hybridized carbons (Fsp3) is 0.273. The van der Waals surface area contributed by atoms with Crippen molar-refractivity contribution in [1.82, 2.24) is 4.57 Å². The second-order valence-corrected chi connectivity index (χ2v) is 3.85. The molecule has 2 rings (SSSR count). The van der Waals surface area contributed by atoms with E-state index in [0.717, 1.165) is 5.15 Å². The van der Waals surface area contributed by atoms with Crippen LogP contribution in [0.3, 0.4) is 0 Å². The lowest BCUT2D eigenvalue weighted by molar-refractivity contribution is 0.969. The Morgan fingerprint density at radius 3 is 2.62 bits per heavy atom. The first-order valence-electron chi connectivity index (χ1n) is 4.32. The Bertz CT molecular complexity index is 468. The molecule has 0 unspecified atom stereocenters. The normalized spacial score (nSPS) is 11.1.